The van der Waals surface area contributed by atoms with E-state index in [1.165, 1.54) is 0 Å². The van der Waals surface area contributed by atoms with E-state index in [1.807, 2.05) is 58.9 Å². The van der Waals surface area contributed by atoms with E-state index in [2.05, 4.69) is 9.88 Å². The number of carbonyl (C=O) groups excluding carboxylic acids is 2. The van der Waals surface area contributed by atoms with Crippen LogP contribution in [0.1, 0.15) is 42.5 Å². The van der Waals surface area contributed by atoms with Crippen molar-refractivity contribution in [2.75, 3.05) is 6.61 Å². The summed E-state index contributed by atoms with van der Waals surface area (Å²) < 4.78 is 7.16. The lowest BCUT2D eigenvalue weighted by Crippen LogP contribution is -2.42. The minimum Gasteiger partial charge on any atom is -0.452 e. The van der Waals surface area contributed by atoms with E-state index in [-0.39, 0.29) is 18.1 Å². The maximum Gasteiger partial charge on any atom is 0.338 e. The third-order valence-corrected chi connectivity index (χ3v) is 3.48. The number of rotatable bonds is 4. The summed E-state index contributed by atoms with van der Waals surface area (Å²) in [6, 6.07) is 11.2. The Morgan fingerprint density at radius 1 is 1.00 bits per heavy atom. The predicted octanol–water partition coefficient (Wildman–Crippen LogP) is 3.17. The van der Waals surface area contributed by atoms with Crippen molar-refractivity contribution in [2.24, 2.45) is 0 Å². The zero-order valence-electron chi connectivity index (χ0n) is 14.8. The van der Waals surface area contributed by atoms with Crippen molar-refractivity contribution in [3.8, 4) is 5.69 Å². The average Bonchev–Trinajstić information content (AvgIpc) is 2.82. The van der Waals surface area contributed by atoms with Gasteiger partial charge in [-0.05, 0) is 71.0 Å². The first-order valence-electron chi connectivity index (χ1n) is 7.91. The van der Waals surface area contributed by atoms with Gasteiger partial charge in [-0.1, -0.05) is 0 Å². The number of ether oxygens (including phenoxy) is 1. The molecule has 0 saturated carbocycles. The number of amides is 1. The van der Waals surface area contributed by atoms with Crippen molar-refractivity contribution in [3.63, 3.8) is 0 Å². The van der Waals surface area contributed by atoms with Crippen LogP contribution in [0.4, 0.5) is 0 Å². The Bertz CT molecular complexity index is 717. The molecule has 1 aromatic heterocycles. The molecule has 0 bridgehead atoms. The SMILES string of the molecule is Cc1ccc(C)n1-c1ccc(C(=O)OCC(=O)NC(C)(C)C)cc1. The van der Waals surface area contributed by atoms with E-state index in [1.54, 1.807) is 12.1 Å². The minimum atomic E-state index is -0.508. The van der Waals surface area contributed by atoms with E-state index in [9.17, 15) is 9.59 Å². The smallest absolute Gasteiger partial charge is 0.338 e. The number of nitrogens with one attached hydrogen (secondary N) is 1. The van der Waals surface area contributed by atoms with Gasteiger partial charge in [0.1, 0.15) is 0 Å². The van der Waals surface area contributed by atoms with E-state index < -0.39 is 5.97 Å². The van der Waals surface area contributed by atoms with Gasteiger partial charge in [0.15, 0.2) is 6.61 Å². The van der Waals surface area contributed by atoms with Gasteiger partial charge >= 0.3 is 5.97 Å². The summed E-state index contributed by atoms with van der Waals surface area (Å²) in [5.74, 6) is -0.822. The number of aromatic nitrogens is 1. The number of hydrogen-bond acceptors (Lipinski definition) is 3. The summed E-state index contributed by atoms with van der Waals surface area (Å²) in [5.41, 5.74) is 3.31. The average molecular weight is 328 g/mol. The van der Waals surface area contributed by atoms with Crippen molar-refractivity contribution in [3.05, 3.63) is 53.3 Å². The normalized spacial score (nSPS) is 11.2. The van der Waals surface area contributed by atoms with Crippen molar-refractivity contribution in [1.82, 2.24) is 9.88 Å². The number of hydrogen-bond donors (Lipinski definition) is 1. The molecule has 5 heteroatoms. The summed E-state index contributed by atoms with van der Waals surface area (Å²) in [6.07, 6.45) is 0. The second-order valence-corrected chi connectivity index (χ2v) is 6.87. The van der Waals surface area contributed by atoms with Gasteiger partial charge in [-0.15, -0.1) is 0 Å². The molecule has 1 N–H and O–H groups in total. The summed E-state index contributed by atoms with van der Waals surface area (Å²) in [4.78, 5) is 23.7. The summed E-state index contributed by atoms with van der Waals surface area (Å²) in [5, 5.41) is 2.75. The quantitative estimate of drug-likeness (QED) is 0.877. The third-order valence-electron chi connectivity index (χ3n) is 3.48. The Hall–Kier alpha value is -2.56. The fourth-order valence-corrected chi connectivity index (χ4v) is 2.49. The van der Waals surface area contributed by atoms with Crippen LogP contribution < -0.4 is 5.32 Å². The first-order valence-corrected chi connectivity index (χ1v) is 7.91. The molecule has 128 valence electrons. The standard InChI is InChI=1S/C19H24N2O3/c1-13-6-7-14(2)21(13)16-10-8-15(9-11-16)18(23)24-12-17(22)20-19(3,4)5/h6-11H,12H2,1-5H3,(H,20,22). The number of esters is 1. The third kappa shape index (κ3) is 4.47. The fraction of sp³-hybridized carbons (Fsp3) is 0.368. The molecular weight excluding hydrogens is 304 g/mol. The van der Waals surface area contributed by atoms with Crippen LogP contribution in [-0.4, -0.2) is 28.6 Å². The first kappa shape index (κ1) is 17.8. The maximum absolute atomic E-state index is 12.0. The molecule has 0 radical (unpaired) electrons. The molecule has 2 aromatic rings. The Morgan fingerprint density at radius 3 is 2.04 bits per heavy atom. The Balaban J connectivity index is 2.01. The lowest BCUT2D eigenvalue weighted by Gasteiger charge is -2.20. The molecule has 1 amide bonds. The van der Waals surface area contributed by atoms with Gasteiger partial charge in [0.05, 0.1) is 5.56 Å². The van der Waals surface area contributed by atoms with Crippen LogP contribution in [0, 0.1) is 13.8 Å². The lowest BCUT2D eigenvalue weighted by molar-refractivity contribution is -0.125. The molecule has 0 aliphatic carbocycles. The van der Waals surface area contributed by atoms with Gasteiger partial charge < -0.3 is 14.6 Å². The molecule has 0 saturated heterocycles. The number of benzene rings is 1. The van der Waals surface area contributed by atoms with Gasteiger partial charge in [-0.2, -0.15) is 0 Å². The van der Waals surface area contributed by atoms with Crippen molar-refractivity contribution >= 4 is 11.9 Å². The van der Waals surface area contributed by atoms with Gasteiger partial charge in [-0.25, -0.2) is 4.79 Å². The highest BCUT2D eigenvalue weighted by molar-refractivity contribution is 5.91. The highest BCUT2D eigenvalue weighted by Crippen LogP contribution is 2.17. The number of carbonyl (C=O) groups is 2. The second kappa shape index (κ2) is 6.91. The molecular formula is C19H24N2O3. The number of aryl methyl sites for hydroxylation is 2. The van der Waals surface area contributed by atoms with Crippen molar-refractivity contribution in [1.29, 1.82) is 0 Å². The van der Waals surface area contributed by atoms with E-state index >= 15 is 0 Å². The molecule has 24 heavy (non-hydrogen) atoms. The zero-order valence-corrected chi connectivity index (χ0v) is 14.8. The monoisotopic (exact) mass is 328 g/mol. The molecule has 1 heterocycles. The largest absolute Gasteiger partial charge is 0.452 e. The van der Waals surface area contributed by atoms with Crippen molar-refractivity contribution in [2.45, 2.75) is 40.2 Å². The van der Waals surface area contributed by atoms with Gasteiger partial charge in [-0.3, -0.25) is 4.79 Å². The van der Waals surface area contributed by atoms with Gasteiger partial charge in [0.2, 0.25) is 0 Å². The molecule has 0 aliphatic rings. The van der Waals surface area contributed by atoms with Crippen LogP contribution in [0.2, 0.25) is 0 Å². The van der Waals surface area contributed by atoms with Gasteiger partial charge in [0, 0.05) is 22.6 Å². The van der Waals surface area contributed by atoms with Crippen LogP contribution in [0.3, 0.4) is 0 Å². The first-order chi connectivity index (χ1) is 11.2. The van der Waals surface area contributed by atoms with Crippen LogP contribution in [0.15, 0.2) is 36.4 Å². The minimum absolute atomic E-state index is 0.284. The molecule has 2 rings (SSSR count). The molecule has 0 atom stereocenters. The Kier molecular flexibility index (Phi) is 5.12. The predicted molar refractivity (Wildman–Crippen MR) is 93.4 cm³/mol. The molecule has 1 aromatic carbocycles. The van der Waals surface area contributed by atoms with E-state index in [4.69, 9.17) is 4.74 Å². The molecule has 0 unspecified atom stereocenters. The van der Waals surface area contributed by atoms with Crippen LogP contribution in [0.5, 0.6) is 0 Å². The highest BCUT2D eigenvalue weighted by atomic mass is 16.5. The summed E-state index contributed by atoms with van der Waals surface area (Å²) >= 11 is 0. The maximum atomic E-state index is 12.0. The Labute approximate surface area is 142 Å². The summed E-state index contributed by atoms with van der Waals surface area (Å²) in [7, 11) is 0. The Morgan fingerprint density at radius 2 is 1.54 bits per heavy atom. The zero-order chi connectivity index (χ0) is 17.9. The topological polar surface area (TPSA) is 60.3 Å². The second-order valence-electron chi connectivity index (χ2n) is 6.87. The van der Waals surface area contributed by atoms with E-state index in [0.717, 1.165) is 17.1 Å². The molecule has 5 nitrogen and oxygen atoms in total. The molecule has 0 fully saturated rings. The highest BCUT2D eigenvalue weighted by Gasteiger charge is 2.16. The lowest BCUT2D eigenvalue weighted by atomic mass is 10.1. The molecule has 0 aliphatic heterocycles. The van der Waals surface area contributed by atoms with Crippen molar-refractivity contribution < 1.29 is 14.3 Å². The number of nitrogens with zero attached hydrogens (tertiary/aromatic N) is 1. The van der Waals surface area contributed by atoms with Crippen LogP contribution >= 0.6 is 0 Å². The fourth-order valence-electron chi connectivity index (χ4n) is 2.49. The van der Waals surface area contributed by atoms with Crippen LogP contribution in [0.25, 0.3) is 5.69 Å². The molecule has 0 spiro atoms. The summed E-state index contributed by atoms with van der Waals surface area (Å²) in [6.45, 7) is 9.39. The van der Waals surface area contributed by atoms with Gasteiger partial charge in [0.25, 0.3) is 5.91 Å². The van der Waals surface area contributed by atoms with Crippen LogP contribution in [-0.2, 0) is 9.53 Å². The van der Waals surface area contributed by atoms with E-state index in [0.29, 0.717) is 5.56 Å².